The maximum absolute atomic E-state index is 12.0. The molecule has 0 aliphatic heterocycles. The van der Waals surface area contributed by atoms with Gasteiger partial charge in [0.15, 0.2) is 22.1 Å². The molecule has 0 heterocycles. The third-order valence-electron chi connectivity index (χ3n) is 2.89. The van der Waals surface area contributed by atoms with E-state index in [2.05, 4.69) is 0 Å². The molecule has 0 bridgehead atoms. The Kier molecular flexibility index (Phi) is 3.29. The van der Waals surface area contributed by atoms with Crippen molar-refractivity contribution in [1.82, 2.24) is 0 Å². The van der Waals surface area contributed by atoms with Gasteiger partial charge in [0.1, 0.15) is 0 Å². The number of Topliss-reactive ketones (excluding diaryl/α,β-unsaturated/α-hetero) is 2. The van der Waals surface area contributed by atoms with Crippen LogP contribution in [0.5, 0.6) is 0 Å². The fourth-order valence-corrected chi connectivity index (χ4v) is 4.59. The molecule has 10 heteroatoms. The number of fused-ring (bicyclic) bond motifs is 1. The molecule has 20 heavy (non-hydrogen) atoms. The van der Waals surface area contributed by atoms with E-state index in [-0.39, 0.29) is 11.1 Å². The average molecular weight is 320 g/mol. The maximum atomic E-state index is 12.0. The van der Waals surface area contributed by atoms with Gasteiger partial charge in [-0.05, 0) is 0 Å². The van der Waals surface area contributed by atoms with Gasteiger partial charge in [-0.15, -0.1) is 0 Å². The van der Waals surface area contributed by atoms with Crippen LogP contribution in [0, 0.1) is 0 Å². The van der Waals surface area contributed by atoms with E-state index in [4.69, 9.17) is 9.11 Å². The van der Waals surface area contributed by atoms with Gasteiger partial charge < -0.3 is 0 Å². The normalized spacial score (nSPS) is 23.5. The van der Waals surface area contributed by atoms with Gasteiger partial charge in [-0.3, -0.25) is 18.7 Å². The van der Waals surface area contributed by atoms with Crippen molar-refractivity contribution in [2.45, 2.75) is 10.5 Å². The highest BCUT2D eigenvalue weighted by Crippen LogP contribution is 2.29. The van der Waals surface area contributed by atoms with Gasteiger partial charge in [0.05, 0.1) is 0 Å². The predicted molar refractivity (Wildman–Crippen MR) is 65.8 cm³/mol. The summed E-state index contributed by atoms with van der Waals surface area (Å²) < 4.78 is 62.9. The molecule has 1 aromatic rings. The highest BCUT2D eigenvalue weighted by Gasteiger charge is 2.54. The van der Waals surface area contributed by atoms with E-state index in [1.807, 2.05) is 0 Å². The van der Waals surface area contributed by atoms with E-state index in [0.29, 0.717) is 0 Å². The highest BCUT2D eigenvalue weighted by atomic mass is 32.2. The monoisotopic (exact) mass is 320 g/mol. The number of hydrogen-bond acceptors (Lipinski definition) is 6. The molecule has 2 N–H and O–H groups in total. The molecular weight excluding hydrogens is 312 g/mol. The zero-order valence-electron chi connectivity index (χ0n) is 9.62. The van der Waals surface area contributed by atoms with Crippen LogP contribution in [0.25, 0.3) is 0 Å². The van der Waals surface area contributed by atoms with Crippen LogP contribution in [0.1, 0.15) is 20.7 Å². The van der Waals surface area contributed by atoms with Gasteiger partial charge in [-0.25, -0.2) is 0 Å². The minimum Gasteiger partial charge on any atom is -0.293 e. The van der Waals surface area contributed by atoms with E-state index in [1.54, 1.807) is 0 Å². The quantitative estimate of drug-likeness (QED) is 0.699. The molecular formula is C10H8O8S2. The Bertz CT molecular complexity index is 736. The number of benzene rings is 1. The Morgan fingerprint density at radius 1 is 0.750 bits per heavy atom. The van der Waals surface area contributed by atoms with Crippen LogP contribution < -0.4 is 0 Å². The molecule has 0 fully saturated rings. The minimum atomic E-state index is -5.19. The van der Waals surface area contributed by atoms with Gasteiger partial charge in [0.2, 0.25) is 0 Å². The summed E-state index contributed by atoms with van der Waals surface area (Å²) in [5.74, 6) is -2.52. The van der Waals surface area contributed by atoms with Crippen molar-refractivity contribution in [3.8, 4) is 0 Å². The maximum Gasteiger partial charge on any atom is 0.277 e. The molecule has 0 spiro atoms. The van der Waals surface area contributed by atoms with Crippen molar-refractivity contribution >= 4 is 31.8 Å². The van der Waals surface area contributed by atoms with Crippen molar-refractivity contribution < 1.29 is 35.5 Å². The van der Waals surface area contributed by atoms with Gasteiger partial charge in [-0.1, -0.05) is 24.3 Å². The first kappa shape index (κ1) is 14.8. The minimum absolute atomic E-state index is 0.319. The molecule has 0 saturated carbocycles. The second-order valence-electron chi connectivity index (χ2n) is 4.15. The number of carbonyl (C=O) groups is 2. The standard InChI is InChI=1S/C10H8O8S2/c11-7-5-3-1-2-4-6(5)8(12)10(20(16,17)18)9(7)19(13,14)15/h1-4,9-10H,(H,13,14,15)(H,16,17,18). The summed E-state index contributed by atoms with van der Waals surface area (Å²) in [4.78, 5) is 24.0. The molecule has 108 valence electrons. The second-order valence-corrected chi connectivity index (χ2v) is 7.22. The number of rotatable bonds is 2. The Morgan fingerprint density at radius 3 is 1.30 bits per heavy atom. The van der Waals surface area contributed by atoms with Crippen LogP contribution in [0.15, 0.2) is 24.3 Å². The summed E-state index contributed by atoms with van der Waals surface area (Å²) in [6, 6.07) is 4.96. The predicted octanol–water partition coefficient (Wildman–Crippen LogP) is -0.422. The van der Waals surface area contributed by atoms with Gasteiger partial charge in [0.25, 0.3) is 20.2 Å². The van der Waals surface area contributed by atoms with Crippen molar-refractivity contribution in [3.63, 3.8) is 0 Å². The van der Waals surface area contributed by atoms with Crippen LogP contribution in [-0.4, -0.2) is 48.0 Å². The third-order valence-corrected chi connectivity index (χ3v) is 5.32. The summed E-state index contributed by atoms with van der Waals surface area (Å²) >= 11 is 0. The van der Waals surface area contributed by atoms with Crippen LogP contribution in [0.4, 0.5) is 0 Å². The fraction of sp³-hybridized carbons (Fsp3) is 0.200. The van der Waals surface area contributed by atoms with E-state index in [9.17, 15) is 26.4 Å². The molecule has 2 rings (SSSR count). The van der Waals surface area contributed by atoms with Gasteiger partial charge in [-0.2, -0.15) is 16.8 Å². The lowest BCUT2D eigenvalue weighted by Gasteiger charge is -2.26. The number of ketones is 2. The molecule has 1 aliphatic carbocycles. The lowest BCUT2D eigenvalue weighted by atomic mass is 9.89. The van der Waals surface area contributed by atoms with E-state index < -0.39 is 42.3 Å². The average Bonchev–Trinajstić information content (AvgIpc) is 2.30. The molecule has 1 aliphatic rings. The zero-order chi connectivity index (χ0) is 15.3. The molecule has 2 unspecified atom stereocenters. The SMILES string of the molecule is O=C1c2ccccc2C(=O)C(S(=O)(=O)O)C1S(=O)(=O)O. The first-order chi connectivity index (χ1) is 9.05. The Labute approximate surface area is 113 Å². The Balaban J connectivity index is 2.82. The van der Waals surface area contributed by atoms with Crippen molar-refractivity contribution in [2.75, 3.05) is 0 Å². The van der Waals surface area contributed by atoms with Crippen molar-refractivity contribution in [2.24, 2.45) is 0 Å². The first-order valence-corrected chi connectivity index (χ1v) is 8.16. The lowest BCUT2D eigenvalue weighted by molar-refractivity contribution is 0.0891. The second kappa shape index (κ2) is 4.45. The van der Waals surface area contributed by atoms with Crippen molar-refractivity contribution in [3.05, 3.63) is 35.4 Å². The smallest absolute Gasteiger partial charge is 0.277 e. The van der Waals surface area contributed by atoms with Gasteiger partial charge in [0, 0.05) is 11.1 Å². The topological polar surface area (TPSA) is 143 Å². The fourth-order valence-electron chi connectivity index (χ4n) is 2.08. The molecule has 1 aromatic carbocycles. The first-order valence-electron chi connectivity index (χ1n) is 5.15. The number of hydrogen-bond donors (Lipinski definition) is 2. The summed E-state index contributed by atoms with van der Waals surface area (Å²) in [6.45, 7) is 0. The third kappa shape index (κ3) is 2.26. The molecule has 0 aromatic heterocycles. The summed E-state index contributed by atoms with van der Waals surface area (Å²) in [5, 5.41) is -5.14. The van der Waals surface area contributed by atoms with Gasteiger partial charge >= 0.3 is 0 Å². The lowest BCUT2D eigenvalue weighted by Crippen LogP contribution is -2.53. The van der Waals surface area contributed by atoms with E-state index in [0.717, 1.165) is 12.1 Å². The van der Waals surface area contributed by atoms with Crippen LogP contribution >= 0.6 is 0 Å². The summed E-state index contributed by atoms with van der Waals surface area (Å²) in [5.41, 5.74) is -0.639. The largest absolute Gasteiger partial charge is 0.293 e. The summed E-state index contributed by atoms with van der Waals surface area (Å²) in [6.07, 6.45) is 0. The summed E-state index contributed by atoms with van der Waals surface area (Å²) in [7, 11) is -10.4. The Morgan fingerprint density at radius 2 is 1.05 bits per heavy atom. The molecule has 0 amide bonds. The van der Waals surface area contributed by atoms with Crippen molar-refractivity contribution in [1.29, 1.82) is 0 Å². The van der Waals surface area contributed by atoms with Crippen LogP contribution in [-0.2, 0) is 20.2 Å². The van der Waals surface area contributed by atoms with E-state index >= 15 is 0 Å². The molecule has 8 nitrogen and oxygen atoms in total. The zero-order valence-corrected chi connectivity index (χ0v) is 11.3. The molecule has 0 saturated heterocycles. The highest BCUT2D eigenvalue weighted by molar-refractivity contribution is 7.91. The van der Waals surface area contributed by atoms with Crippen LogP contribution in [0.2, 0.25) is 0 Å². The van der Waals surface area contributed by atoms with E-state index in [1.165, 1.54) is 12.1 Å². The molecule has 0 radical (unpaired) electrons. The molecule has 2 atom stereocenters. The number of carbonyl (C=O) groups excluding carboxylic acids is 2. The Hall–Kier alpha value is -1.62. The van der Waals surface area contributed by atoms with Crippen LogP contribution in [0.3, 0.4) is 0 Å².